The van der Waals surface area contributed by atoms with E-state index in [2.05, 4.69) is 21.0 Å². The predicted molar refractivity (Wildman–Crippen MR) is 101 cm³/mol. The number of nitrogens with zero attached hydrogens (tertiary/aromatic N) is 3. The normalized spacial score (nSPS) is 16.7. The van der Waals surface area contributed by atoms with Gasteiger partial charge in [-0.3, -0.25) is 4.79 Å². The Kier molecular flexibility index (Phi) is 4.37. The highest BCUT2D eigenvalue weighted by Gasteiger charge is 2.30. The highest BCUT2D eigenvalue weighted by molar-refractivity contribution is 5.76. The molecular formula is C19H23N5O3. The van der Waals surface area contributed by atoms with E-state index in [-0.39, 0.29) is 0 Å². The van der Waals surface area contributed by atoms with E-state index in [0.29, 0.717) is 32.0 Å². The summed E-state index contributed by atoms with van der Waals surface area (Å²) < 4.78 is 5.75. The maximum Gasteiger partial charge on any atom is 0.309 e. The summed E-state index contributed by atoms with van der Waals surface area (Å²) >= 11 is 0. The number of hydrazine groups is 3. The third kappa shape index (κ3) is 3.41. The number of aliphatic carboxylic acids is 1. The minimum Gasteiger partial charge on any atom is -0.481 e. The number of hydrogen-bond acceptors (Lipinski definition) is 7. The Morgan fingerprint density at radius 3 is 3.04 bits per heavy atom. The van der Waals surface area contributed by atoms with Crippen LogP contribution in [0, 0.1) is 5.41 Å². The Bertz CT molecular complexity index is 870. The van der Waals surface area contributed by atoms with Crippen LogP contribution in [0.3, 0.4) is 0 Å². The summed E-state index contributed by atoms with van der Waals surface area (Å²) in [5.41, 5.74) is 9.43. The van der Waals surface area contributed by atoms with Crippen molar-refractivity contribution < 1.29 is 14.6 Å². The molecule has 8 heteroatoms. The topological polar surface area (TPSA) is 90.0 Å². The summed E-state index contributed by atoms with van der Waals surface area (Å²) in [6.45, 7) is 5.36. The van der Waals surface area contributed by atoms with Crippen LogP contribution in [-0.2, 0) is 17.8 Å². The molecule has 8 nitrogen and oxygen atoms in total. The molecule has 4 rings (SSSR count). The highest BCUT2D eigenvalue weighted by Crippen LogP contribution is 2.34. The summed E-state index contributed by atoms with van der Waals surface area (Å²) in [5.74, 6) is -0.130. The zero-order valence-corrected chi connectivity index (χ0v) is 15.4. The first kappa shape index (κ1) is 17.6. The lowest BCUT2D eigenvalue weighted by Crippen LogP contribution is -2.50. The van der Waals surface area contributed by atoms with Gasteiger partial charge in [0.25, 0.3) is 0 Å². The van der Waals surface area contributed by atoms with Gasteiger partial charge in [-0.15, -0.1) is 5.53 Å². The molecule has 0 saturated heterocycles. The number of anilines is 2. The lowest BCUT2D eigenvalue weighted by atomic mass is 9.86. The summed E-state index contributed by atoms with van der Waals surface area (Å²) in [6.07, 6.45) is 2.19. The van der Waals surface area contributed by atoms with Gasteiger partial charge in [-0.25, -0.2) is 10.1 Å². The van der Waals surface area contributed by atoms with Crippen molar-refractivity contribution in [2.24, 2.45) is 5.41 Å². The van der Waals surface area contributed by atoms with Gasteiger partial charge in [-0.1, -0.05) is 12.1 Å². The van der Waals surface area contributed by atoms with Crippen LogP contribution in [0.5, 0.6) is 5.88 Å². The first-order chi connectivity index (χ1) is 12.9. The van der Waals surface area contributed by atoms with Crippen LogP contribution in [0.1, 0.15) is 25.0 Å². The van der Waals surface area contributed by atoms with Crippen molar-refractivity contribution in [3.8, 4) is 5.88 Å². The molecule has 2 aliphatic rings. The van der Waals surface area contributed by atoms with Gasteiger partial charge in [0, 0.05) is 11.8 Å². The lowest BCUT2D eigenvalue weighted by molar-refractivity contribution is -0.146. The second-order valence-electron chi connectivity index (χ2n) is 7.47. The molecule has 0 unspecified atom stereocenters. The summed E-state index contributed by atoms with van der Waals surface area (Å²) in [6, 6.07) is 9.88. The van der Waals surface area contributed by atoms with Crippen molar-refractivity contribution in [1.29, 1.82) is 0 Å². The molecule has 2 aromatic rings. The number of carboxylic acid groups (broad SMARTS) is 1. The van der Waals surface area contributed by atoms with Crippen LogP contribution >= 0.6 is 0 Å². The molecule has 0 atom stereocenters. The van der Waals surface area contributed by atoms with Crippen molar-refractivity contribution in [2.75, 3.05) is 23.7 Å². The zero-order valence-electron chi connectivity index (χ0n) is 15.4. The van der Waals surface area contributed by atoms with Gasteiger partial charge in [-0.05, 0) is 44.0 Å². The number of benzene rings is 1. The van der Waals surface area contributed by atoms with E-state index in [4.69, 9.17) is 4.74 Å². The fourth-order valence-electron chi connectivity index (χ4n) is 3.32. The monoisotopic (exact) mass is 369 g/mol. The third-order valence-electron chi connectivity index (χ3n) is 4.89. The number of rotatable bonds is 4. The average molecular weight is 369 g/mol. The van der Waals surface area contributed by atoms with Gasteiger partial charge in [-0.2, -0.15) is 5.01 Å². The van der Waals surface area contributed by atoms with Crippen molar-refractivity contribution in [1.82, 2.24) is 15.5 Å². The molecule has 0 spiro atoms. The lowest BCUT2D eigenvalue weighted by Gasteiger charge is -2.31. The standard InChI is InChI=1S/C19H23N5O3/c1-19(2,18(25)26)11-13-5-6-15-16(10-13)24(22-21-15)23-8-9-27-17-14(12-23)4-3-7-20-17/h3-7,10,21-22H,8-9,11-12H2,1-2H3,(H,25,26). The Morgan fingerprint density at radius 1 is 1.37 bits per heavy atom. The minimum atomic E-state index is -0.820. The quantitative estimate of drug-likeness (QED) is 0.756. The van der Waals surface area contributed by atoms with Crippen LogP contribution in [0.25, 0.3) is 0 Å². The average Bonchev–Trinajstić information content (AvgIpc) is 2.92. The summed E-state index contributed by atoms with van der Waals surface area (Å²) in [4.78, 5) is 15.8. The fraction of sp³-hybridized carbons (Fsp3) is 0.368. The SMILES string of the molecule is CC(C)(Cc1ccc2c(c1)N(N1CCOc3ncccc3C1)NN2)C(=O)O. The van der Waals surface area contributed by atoms with Crippen molar-refractivity contribution in [2.45, 2.75) is 26.8 Å². The first-order valence-corrected chi connectivity index (χ1v) is 8.94. The first-order valence-electron chi connectivity index (χ1n) is 8.94. The van der Waals surface area contributed by atoms with E-state index in [1.54, 1.807) is 20.0 Å². The third-order valence-corrected chi connectivity index (χ3v) is 4.89. The van der Waals surface area contributed by atoms with Gasteiger partial charge in [0.05, 0.1) is 29.9 Å². The van der Waals surface area contributed by atoms with E-state index in [9.17, 15) is 9.90 Å². The van der Waals surface area contributed by atoms with Gasteiger partial charge in [0.2, 0.25) is 5.88 Å². The van der Waals surface area contributed by atoms with Gasteiger partial charge in [0.1, 0.15) is 6.61 Å². The molecule has 142 valence electrons. The molecule has 0 aliphatic carbocycles. The Hall–Kier alpha value is -2.84. The fourth-order valence-corrected chi connectivity index (χ4v) is 3.32. The molecule has 3 N–H and O–H groups in total. The molecule has 27 heavy (non-hydrogen) atoms. The maximum absolute atomic E-state index is 11.5. The van der Waals surface area contributed by atoms with E-state index in [1.807, 2.05) is 35.4 Å². The number of aromatic nitrogens is 1. The number of fused-ring (bicyclic) bond motifs is 2. The van der Waals surface area contributed by atoms with Gasteiger partial charge < -0.3 is 15.3 Å². The molecule has 1 aromatic carbocycles. The van der Waals surface area contributed by atoms with E-state index < -0.39 is 11.4 Å². The molecule has 0 amide bonds. The second-order valence-corrected chi connectivity index (χ2v) is 7.47. The molecule has 0 radical (unpaired) electrons. The van der Waals surface area contributed by atoms with Crippen LogP contribution in [0.15, 0.2) is 36.5 Å². The summed E-state index contributed by atoms with van der Waals surface area (Å²) in [7, 11) is 0. The molecule has 0 saturated carbocycles. The van der Waals surface area contributed by atoms with Crippen LogP contribution in [-0.4, -0.2) is 34.2 Å². The zero-order chi connectivity index (χ0) is 19.0. The molecule has 0 fully saturated rings. The maximum atomic E-state index is 11.5. The van der Waals surface area contributed by atoms with Crippen molar-refractivity contribution >= 4 is 17.3 Å². The largest absolute Gasteiger partial charge is 0.481 e. The summed E-state index contributed by atoms with van der Waals surface area (Å²) in [5, 5.41) is 13.5. The Morgan fingerprint density at radius 2 is 2.22 bits per heavy atom. The number of hydrogen-bond donors (Lipinski definition) is 3. The Labute approximate surface area is 157 Å². The number of nitrogens with one attached hydrogen (secondary N) is 2. The number of pyridine rings is 1. The number of carboxylic acids is 1. The van der Waals surface area contributed by atoms with Crippen LogP contribution in [0.2, 0.25) is 0 Å². The minimum absolute atomic E-state index is 0.458. The molecule has 3 heterocycles. The van der Waals surface area contributed by atoms with E-state index in [0.717, 1.165) is 22.5 Å². The van der Waals surface area contributed by atoms with E-state index >= 15 is 0 Å². The predicted octanol–water partition coefficient (Wildman–Crippen LogP) is 2.20. The smallest absolute Gasteiger partial charge is 0.309 e. The second kappa shape index (κ2) is 6.71. The molecular weight excluding hydrogens is 346 g/mol. The molecule has 0 bridgehead atoms. The van der Waals surface area contributed by atoms with Crippen LogP contribution < -0.4 is 20.8 Å². The highest BCUT2D eigenvalue weighted by atomic mass is 16.5. The van der Waals surface area contributed by atoms with Crippen molar-refractivity contribution in [3.63, 3.8) is 0 Å². The number of carbonyl (C=O) groups is 1. The number of ether oxygens (including phenoxy) is 1. The molecule has 2 aliphatic heterocycles. The Balaban J connectivity index is 1.59. The van der Waals surface area contributed by atoms with Crippen LogP contribution in [0.4, 0.5) is 11.4 Å². The molecule has 1 aromatic heterocycles. The van der Waals surface area contributed by atoms with Gasteiger partial charge in [0.15, 0.2) is 0 Å². The van der Waals surface area contributed by atoms with Crippen molar-refractivity contribution in [3.05, 3.63) is 47.7 Å². The van der Waals surface area contributed by atoms with E-state index in [1.165, 1.54) is 0 Å². The van der Waals surface area contributed by atoms with Gasteiger partial charge >= 0.3 is 5.97 Å².